The number of halogens is 1. The summed E-state index contributed by atoms with van der Waals surface area (Å²) in [5.41, 5.74) is 3.17. The molecule has 5 nitrogen and oxygen atoms in total. The predicted octanol–water partition coefficient (Wildman–Crippen LogP) is 4.79. The number of aromatic amines is 1. The van der Waals surface area contributed by atoms with Crippen molar-refractivity contribution in [3.63, 3.8) is 0 Å². The van der Waals surface area contributed by atoms with E-state index in [1.165, 1.54) is 0 Å². The standard InChI is InChI=1S/C22H21IN2O3/c1-27-18-12-16-17(13-19(18)28-2)25-22(26)20(16)21(14-6-4-3-5-7-14)24-15-8-10-23-11-9-15/h3-8,10-13,15,25-26H,9H2,1-2H3. The summed E-state index contributed by atoms with van der Waals surface area (Å²) in [6.45, 7) is 0. The van der Waals surface area contributed by atoms with Crippen LogP contribution in [0.3, 0.4) is 0 Å². The van der Waals surface area contributed by atoms with Crippen molar-refractivity contribution in [2.24, 2.45) is 4.99 Å². The second-order valence-corrected chi connectivity index (χ2v) is 8.67. The number of benzene rings is 2. The average molecular weight is 488 g/mol. The van der Waals surface area contributed by atoms with Crippen molar-refractivity contribution in [1.82, 2.24) is 4.98 Å². The molecule has 0 saturated heterocycles. The van der Waals surface area contributed by atoms with E-state index in [4.69, 9.17) is 14.5 Å². The lowest BCUT2D eigenvalue weighted by Crippen LogP contribution is -2.11. The Bertz CT molecular complexity index is 1080. The smallest absolute Gasteiger partial charge is 0.199 e. The number of nitrogens with one attached hydrogen (secondary N) is 1. The summed E-state index contributed by atoms with van der Waals surface area (Å²) in [5, 5.41) is 11.6. The molecule has 1 atom stereocenters. The highest BCUT2D eigenvalue weighted by molar-refractivity contribution is 14.2. The molecule has 0 radical (unpaired) electrons. The Morgan fingerprint density at radius 2 is 1.89 bits per heavy atom. The van der Waals surface area contributed by atoms with Crippen LogP contribution < -0.4 is 9.47 Å². The first-order valence-corrected chi connectivity index (χ1v) is 11.4. The number of aromatic nitrogens is 1. The molecule has 2 heterocycles. The second-order valence-electron chi connectivity index (χ2n) is 6.35. The second kappa shape index (κ2) is 8.18. The largest absolute Gasteiger partial charge is 0.494 e. The van der Waals surface area contributed by atoms with Crippen molar-refractivity contribution in [3.05, 3.63) is 63.8 Å². The Kier molecular flexibility index (Phi) is 5.47. The molecule has 0 saturated carbocycles. The molecule has 1 aromatic heterocycles. The Labute approximate surface area is 173 Å². The lowest BCUT2D eigenvalue weighted by molar-refractivity contribution is 0.356. The van der Waals surface area contributed by atoms with E-state index in [0.717, 1.165) is 28.6 Å². The van der Waals surface area contributed by atoms with E-state index in [-0.39, 0.29) is 32.7 Å². The maximum Gasteiger partial charge on any atom is 0.199 e. The first kappa shape index (κ1) is 18.7. The van der Waals surface area contributed by atoms with Crippen molar-refractivity contribution in [3.8, 4) is 17.4 Å². The van der Waals surface area contributed by atoms with Gasteiger partial charge in [0.05, 0.1) is 37.1 Å². The van der Waals surface area contributed by atoms with Crippen LogP contribution in [0.15, 0.2) is 57.6 Å². The minimum Gasteiger partial charge on any atom is -0.494 e. The van der Waals surface area contributed by atoms with Crippen LogP contribution in [-0.2, 0) is 0 Å². The number of ether oxygens (including phenoxy) is 2. The number of rotatable bonds is 5. The molecule has 144 valence electrons. The Morgan fingerprint density at radius 1 is 1.14 bits per heavy atom. The van der Waals surface area contributed by atoms with Gasteiger partial charge in [0.15, 0.2) is 17.4 Å². The molecule has 2 aromatic carbocycles. The maximum absolute atomic E-state index is 10.8. The normalized spacial score (nSPS) is 16.8. The fraction of sp³-hybridized carbons (Fsp3) is 0.182. The number of hydrogen-bond donors (Lipinski definition) is 2. The van der Waals surface area contributed by atoms with Gasteiger partial charge >= 0.3 is 0 Å². The molecule has 0 fully saturated rings. The van der Waals surface area contributed by atoms with Crippen LogP contribution in [0, 0.1) is 0 Å². The lowest BCUT2D eigenvalue weighted by atomic mass is 10.00. The molecule has 1 aliphatic heterocycles. The number of hydrogen-bond acceptors (Lipinski definition) is 4. The first-order valence-electron chi connectivity index (χ1n) is 8.92. The number of aromatic hydroxyl groups is 1. The van der Waals surface area contributed by atoms with Crippen molar-refractivity contribution < 1.29 is 14.6 Å². The van der Waals surface area contributed by atoms with Crippen LogP contribution >= 0.6 is 20.7 Å². The predicted molar refractivity (Wildman–Crippen MR) is 123 cm³/mol. The highest BCUT2D eigenvalue weighted by Gasteiger charge is 2.21. The van der Waals surface area contributed by atoms with Gasteiger partial charge in [0.2, 0.25) is 0 Å². The van der Waals surface area contributed by atoms with Gasteiger partial charge in [0, 0.05) is 17.0 Å². The van der Waals surface area contributed by atoms with Gasteiger partial charge in [-0.2, -0.15) is 0 Å². The van der Waals surface area contributed by atoms with Crippen molar-refractivity contribution in [2.45, 2.75) is 12.5 Å². The van der Waals surface area contributed by atoms with Gasteiger partial charge in [-0.15, -0.1) is 0 Å². The molecule has 0 spiro atoms. The molecular formula is C22H21IN2O3. The van der Waals surface area contributed by atoms with Gasteiger partial charge in [0.1, 0.15) is 0 Å². The van der Waals surface area contributed by atoms with Crippen molar-refractivity contribution in [1.29, 1.82) is 0 Å². The summed E-state index contributed by atoms with van der Waals surface area (Å²) >= 11 is 0.0519. The van der Waals surface area contributed by atoms with Crippen LogP contribution in [0.25, 0.3) is 10.9 Å². The van der Waals surface area contributed by atoms with E-state index in [1.807, 2.05) is 42.5 Å². The topological polar surface area (TPSA) is 66.8 Å². The monoisotopic (exact) mass is 488 g/mol. The quantitative estimate of drug-likeness (QED) is 0.401. The summed E-state index contributed by atoms with van der Waals surface area (Å²) < 4.78 is 15.4. The number of methoxy groups -OCH3 is 2. The average Bonchev–Trinajstić information content (AvgIpc) is 3.06. The van der Waals surface area contributed by atoms with Crippen molar-refractivity contribution in [2.75, 3.05) is 14.2 Å². The molecule has 0 amide bonds. The Balaban J connectivity index is 1.94. The Morgan fingerprint density at radius 3 is 2.57 bits per heavy atom. The Hall–Kier alpha value is -2.61. The van der Waals surface area contributed by atoms with Gasteiger partial charge in [-0.1, -0.05) is 57.1 Å². The van der Waals surface area contributed by atoms with Gasteiger partial charge in [-0.05, 0) is 20.6 Å². The fourth-order valence-corrected chi connectivity index (χ4v) is 5.11. The number of fused-ring (bicyclic) bond motifs is 1. The summed E-state index contributed by atoms with van der Waals surface area (Å²) in [6, 6.07) is 13.8. The highest BCUT2D eigenvalue weighted by Crippen LogP contribution is 2.38. The zero-order valence-electron chi connectivity index (χ0n) is 15.6. The zero-order valence-corrected chi connectivity index (χ0v) is 17.8. The van der Waals surface area contributed by atoms with E-state index < -0.39 is 0 Å². The molecule has 1 unspecified atom stereocenters. The van der Waals surface area contributed by atoms with E-state index in [9.17, 15) is 5.11 Å². The van der Waals surface area contributed by atoms with E-state index in [2.05, 4.69) is 19.2 Å². The van der Waals surface area contributed by atoms with E-state index in [0.29, 0.717) is 17.1 Å². The van der Waals surface area contributed by atoms with Crippen LogP contribution in [0.4, 0.5) is 0 Å². The van der Waals surface area contributed by atoms with Crippen LogP contribution in [0.2, 0.25) is 0 Å². The minimum atomic E-state index is 0.0519. The van der Waals surface area contributed by atoms with E-state index >= 15 is 0 Å². The van der Waals surface area contributed by atoms with Crippen LogP contribution in [0.5, 0.6) is 17.4 Å². The molecule has 4 rings (SSSR count). The molecule has 0 bridgehead atoms. The minimum absolute atomic E-state index is 0.0519. The summed E-state index contributed by atoms with van der Waals surface area (Å²) in [7, 11) is 3.20. The van der Waals surface area contributed by atoms with Gasteiger partial charge < -0.3 is 19.6 Å². The highest BCUT2D eigenvalue weighted by atomic mass is 127. The fourth-order valence-electron chi connectivity index (χ4n) is 3.29. The number of nitrogens with zero attached hydrogens (tertiary/aromatic N) is 1. The lowest BCUT2D eigenvalue weighted by Gasteiger charge is -2.13. The zero-order chi connectivity index (χ0) is 19.5. The molecular weight excluding hydrogens is 467 g/mol. The molecule has 2 N–H and O–H groups in total. The summed E-state index contributed by atoms with van der Waals surface area (Å²) in [4.78, 5) is 8.08. The molecule has 28 heavy (non-hydrogen) atoms. The summed E-state index contributed by atoms with van der Waals surface area (Å²) in [5.74, 6) is 1.30. The SMILES string of the molecule is COc1cc2[nH]c(O)c(C(=NC3C=CI=CC3)c3ccccc3)c2cc1OC. The van der Waals surface area contributed by atoms with Crippen molar-refractivity contribution >= 4 is 41.4 Å². The van der Waals surface area contributed by atoms with Crippen LogP contribution in [0.1, 0.15) is 17.5 Å². The van der Waals surface area contributed by atoms with Gasteiger partial charge in [-0.3, -0.25) is 4.99 Å². The van der Waals surface area contributed by atoms with E-state index in [1.54, 1.807) is 14.2 Å². The first-order chi connectivity index (χ1) is 13.7. The maximum atomic E-state index is 10.8. The van der Waals surface area contributed by atoms with Gasteiger partial charge in [-0.25, -0.2) is 0 Å². The summed E-state index contributed by atoms with van der Waals surface area (Å²) in [6.07, 6.45) is 3.10. The molecule has 3 aromatic rings. The third-order valence-electron chi connectivity index (χ3n) is 4.65. The third-order valence-corrected chi connectivity index (χ3v) is 6.50. The van der Waals surface area contributed by atoms with Crippen LogP contribution in [-0.4, -0.2) is 40.1 Å². The van der Waals surface area contributed by atoms with Gasteiger partial charge in [0.25, 0.3) is 0 Å². The molecule has 1 aliphatic rings. The molecule has 6 heteroatoms. The number of aliphatic imine (C=N–C) groups is 1. The molecule has 0 aliphatic carbocycles. The number of H-pyrrole nitrogens is 1. The third kappa shape index (κ3) is 3.56.